The maximum absolute atomic E-state index is 12.3. The van der Waals surface area contributed by atoms with Gasteiger partial charge in [0.05, 0.1) is 11.9 Å². The normalized spacial score (nSPS) is 16.4. The molecule has 3 heterocycles. The number of carbonyl (C=O) groups excluding carboxylic acids is 1. The second-order valence-electron chi connectivity index (χ2n) is 7.04. The largest absolute Gasteiger partial charge is 0.309 e. The topological polar surface area (TPSA) is 86.5 Å². The summed E-state index contributed by atoms with van der Waals surface area (Å²) in [6.07, 6.45) is 4.18. The van der Waals surface area contributed by atoms with Crippen LogP contribution in [-0.4, -0.2) is 26.3 Å². The molecule has 6 heteroatoms. The minimum atomic E-state index is -0.0484. The number of nitrogens with zero attached hydrogens (tertiary/aromatic N) is 2. The molecule has 3 aromatic rings. The molecule has 0 radical (unpaired) electrons. The van der Waals surface area contributed by atoms with Gasteiger partial charge < -0.3 is 5.32 Å². The molecule has 1 aromatic carbocycles. The molecule has 0 aliphatic carbocycles. The average molecular weight is 349 g/mol. The lowest BCUT2D eigenvalue weighted by Gasteiger charge is -2.23. The zero-order valence-electron chi connectivity index (χ0n) is 15.3. The van der Waals surface area contributed by atoms with Crippen LogP contribution in [0, 0.1) is 13.8 Å². The zero-order chi connectivity index (χ0) is 18.3. The molecule has 1 amide bonds. The van der Waals surface area contributed by atoms with Gasteiger partial charge in [-0.25, -0.2) is 0 Å². The van der Waals surface area contributed by atoms with Gasteiger partial charge >= 0.3 is 0 Å². The van der Waals surface area contributed by atoms with E-state index in [1.807, 2.05) is 6.20 Å². The Morgan fingerprint density at radius 3 is 2.88 bits per heavy atom. The summed E-state index contributed by atoms with van der Waals surface area (Å²) in [5.41, 5.74) is 7.74. The van der Waals surface area contributed by atoms with Gasteiger partial charge in [0.15, 0.2) is 5.82 Å². The summed E-state index contributed by atoms with van der Waals surface area (Å²) in [6.45, 7) is 6.32. The van der Waals surface area contributed by atoms with E-state index >= 15 is 0 Å². The van der Waals surface area contributed by atoms with Crippen LogP contribution in [0.15, 0.2) is 24.4 Å². The molecule has 1 atom stereocenters. The van der Waals surface area contributed by atoms with Crippen molar-refractivity contribution in [1.29, 1.82) is 0 Å². The van der Waals surface area contributed by atoms with Crippen LogP contribution >= 0.6 is 0 Å². The van der Waals surface area contributed by atoms with E-state index in [0.717, 1.165) is 40.9 Å². The van der Waals surface area contributed by atoms with E-state index in [9.17, 15) is 4.79 Å². The number of hydrogen-bond donors (Lipinski definition) is 3. The molecule has 1 unspecified atom stereocenters. The van der Waals surface area contributed by atoms with E-state index in [1.54, 1.807) is 0 Å². The summed E-state index contributed by atoms with van der Waals surface area (Å²) < 4.78 is 0. The third-order valence-electron chi connectivity index (χ3n) is 5.09. The lowest BCUT2D eigenvalue weighted by Crippen LogP contribution is -2.24. The second kappa shape index (κ2) is 6.44. The van der Waals surface area contributed by atoms with Crippen LogP contribution in [0.3, 0.4) is 0 Å². The highest BCUT2D eigenvalue weighted by molar-refractivity contribution is 5.94. The first-order valence-corrected chi connectivity index (χ1v) is 9.06. The first kappa shape index (κ1) is 16.6. The number of aromatic nitrogens is 4. The van der Waals surface area contributed by atoms with Gasteiger partial charge in [0.25, 0.3) is 0 Å². The molecule has 26 heavy (non-hydrogen) atoms. The summed E-state index contributed by atoms with van der Waals surface area (Å²) in [7, 11) is 0. The molecular weight excluding hydrogens is 326 g/mol. The number of hydrogen-bond acceptors (Lipinski definition) is 3. The van der Waals surface area contributed by atoms with Gasteiger partial charge in [-0.05, 0) is 31.9 Å². The molecule has 0 saturated heterocycles. The minimum Gasteiger partial charge on any atom is -0.309 e. The Morgan fingerprint density at radius 1 is 1.23 bits per heavy atom. The molecule has 2 aromatic heterocycles. The molecule has 1 aliphatic heterocycles. The molecule has 0 saturated carbocycles. The summed E-state index contributed by atoms with van der Waals surface area (Å²) in [5.74, 6) is 0.598. The van der Waals surface area contributed by atoms with Crippen LogP contribution in [-0.2, 0) is 11.2 Å². The van der Waals surface area contributed by atoms with E-state index in [-0.39, 0.29) is 11.8 Å². The van der Waals surface area contributed by atoms with E-state index in [2.05, 4.69) is 64.7 Å². The number of aryl methyl sites for hydroxylation is 3. The maximum Gasteiger partial charge on any atom is 0.226 e. The lowest BCUT2D eigenvalue weighted by atomic mass is 9.83. The van der Waals surface area contributed by atoms with Crippen LogP contribution in [0.4, 0.5) is 5.82 Å². The van der Waals surface area contributed by atoms with Crippen LogP contribution in [0.1, 0.15) is 53.6 Å². The van der Waals surface area contributed by atoms with E-state index < -0.39 is 0 Å². The van der Waals surface area contributed by atoms with Crippen LogP contribution < -0.4 is 5.32 Å². The Labute approximate surface area is 152 Å². The highest BCUT2D eigenvalue weighted by atomic mass is 16.1. The monoisotopic (exact) mass is 349 g/mol. The smallest absolute Gasteiger partial charge is 0.226 e. The Hall–Kier alpha value is -2.89. The fourth-order valence-corrected chi connectivity index (χ4v) is 3.81. The zero-order valence-corrected chi connectivity index (χ0v) is 15.3. The fraction of sp³-hybridized carbons (Fsp3) is 0.350. The van der Waals surface area contributed by atoms with Gasteiger partial charge in [-0.1, -0.05) is 31.0 Å². The Kier molecular flexibility index (Phi) is 4.11. The summed E-state index contributed by atoms with van der Waals surface area (Å²) in [6, 6.07) is 6.39. The van der Waals surface area contributed by atoms with Gasteiger partial charge in [-0.3, -0.25) is 15.0 Å². The first-order valence-electron chi connectivity index (χ1n) is 9.06. The van der Waals surface area contributed by atoms with Gasteiger partial charge in [-0.2, -0.15) is 10.2 Å². The van der Waals surface area contributed by atoms with E-state index in [4.69, 9.17) is 0 Å². The fourth-order valence-electron chi connectivity index (χ4n) is 3.81. The van der Waals surface area contributed by atoms with Crippen LogP contribution in [0.2, 0.25) is 0 Å². The number of rotatable bonds is 4. The number of aromatic amines is 2. The number of carbonyl (C=O) groups is 1. The number of amides is 1. The molecule has 0 spiro atoms. The number of benzene rings is 1. The molecule has 6 nitrogen and oxygen atoms in total. The summed E-state index contributed by atoms with van der Waals surface area (Å²) >= 11 is 0. The number of H-pyrrole nitrogens is 2. The van der Waals surface area contributed by atoms with E-state index in [0.29, 0.717) is 12.2 Å². The van der Waals surface area contributed by atoms with Crippen molar-refractivity contribution in [3.8, 4) is 11.3 Å². The van der Waals surface area contributed by atoms with Gasteiger partial charge in [0.1, 0.15) is 0 Å². The van der Waals surface area contributed by atoms with Crippen molar-refractivity contribution < 1.29 is 4.79 Å². The molecule has 0 bridgehead atoms. The Balaban J connectivity index is 1.86. The molecule has 3 N–H and O–H groups in total. The van der Waals surface area contributed by atoms with Gasteiger partial charge in [0, 0.05) is 34.7 Å². The predicted molar refractivity (Wildman–Crippen MR) is 101 cm³/mol. The number of anilines is 1. The maximum atomic E-state index is 12.3. The van der Waals surface area contributed by atoms with Crippen molar-refractivity contribution in [3.05, 3.63) is 52.3 Å². The SMILES string of the molecule is CCCc1[nH]nc2c1C(c1cn[nH]c1-c1cc(C)ccc1C)CC(=O)N2. The third-order valence-corrected chi connectivity index (χ3v) is 5.09. The molecular formula is C20H23N5O. The summed E-state index contributed by atoms with van der Waals surface area (Å²) in [4.78, 5) is 12.3. The Bertz CT molecular complexity index is 968. The highest BCUT2D eigenvalue weighted by Gasteiger charge is 2.33. The molecule has 0 fully saturated rings. The first-order chi connectivity index (χ1) is 12.6. The van der Waals surface area contributed by atoms with Crippen molar-refractivity contribution in [1.82, 2.24) is 20.4 Å². The third kappa shape index (κ3) is 2.71. The Morgan fingerprint density at radius 2 is 2.08 bits per heavy atom. The number of nitrogens with one attached hydrogen (secondary N) is 3. The van der Waals surface area contributed by atoms with E-state index in [1.165, 1.54) is 11.1 Å². The second-order valence-corrected chi connectivity index (χ2v) is 7.04. The van der Waals surface area contributed by atoms with Gasteiger partial charge in [-0.15, -0.1) is 0 Å². The van der Waals surface area contributed by atoms with Crippen molar-refractivity contribution in [2.45, 2.75) is 46.0 Å². The highest BCUT2D eigenvalue weighted by Crippen LogP contribution is 2.42. The molecule has 4 rings (SSSR count). The van der Waals surface area contributed by atoms with Crippen LogP contribution in [0.5, 0.6) is 0 Å². The molecule has 134 valence electrons. The minimum absolute atomic E-state index is 0.00911. The predicted octanol–water partition coefficient (Wildman–Crippen LogP) is 3.84. The van der Waals surface area contributed by atoms with Crippen molar-refractivity contribution in [2.75, 3.05) is 5.32 Å². The lowest BCUT2D eigenvalue weighted by molar-refractivity contribution is -0.116. The van der Waals surface area contributed by atoms with Crippen molar-refractivity contribution in [2.24, 2.45) is 0 Å². The molecule has 1 aliphatic rings. The van der Waals surface area contributed by atoms with Crippen molar-refractivity contribution >= 4 is 11.7 Å². The van der Waals surface area contributed by atoms with Crippen molar-refractivity contribution in [3.63, 3.8) is 0 Å². The number of fused-ring (bicyclic) bond motifs is 1. The quantitative estimate of drug-likeness (QED) is 0.669. The van der Waals surface area contributed by atoms with Gasteiger partial charge in [0.2, 0.25) is 5.91 Å². The average Bonchev–Trinajstić information content (AvgIpc) is 3.24. The van der Waals surface area contributed by atoms with Crippen LogP contribution in [0.25, 0.3) is 11.3 Å². The standard InChI is InChI=1S/C20H23N5O/c1-4-5-16-18-14(9-17(26)22-20(18)25-23-16)15-10-21-24-19(15)13-8-11(2)6-7-12(13)3/h6-8,10,14H,4-5,9H2,1-3H3,(H,21,24)(H2,22,23,25,26). The summed E-state index contributed by atoms with van der Waals surface area (Å²) in [5, 5.41) is 17.8.